The van der Waals surface area contributed by atoms with Gasteiger partial charge in [-0.3, -0.25) is 19.2 Å². The van der Waals surface area contributed by atoms with E-state index >= 15 is 0 Å². The number of aromatic nitrogens is 2. The summed E-state index contributed by atoms with van der Waals surface area (Å²) in [6, 6.07) is 12.7. The molecule has 0 saturated carbocycles. The maximum absolute atomic E-state index is 13.1. The molecule has 2 aromatic carbocycles. The molecule has 11 heteroatoms. The van der Waals surface area contributed by atoms with Crippen LogP contribution in [-0.4, -0.2) is 47.3 Å². The quantitative estimate of drug-likeness (QED) is 0.448. The maximum atomic E-state index is 13.1. The highest BCUT2D eigenvalue weighted by Crippen LogP contribution is 2.25. The lowest BCUT2D eigenvalue weighted by atomic mass is 10.1. The van der Waals surface area contributed by atoms with Gasteiger partial charge in [-0.2, -0.15) is 5.10 Å². The zero-order chi connectivity index (χ0) is 25.1. The largest absolute Gasteiger partial charge is 0.350 e. The van der Waals surface area contributed by atoms with Crippen LogP contribution in [0.25, 0.3) is 0 Å². The molecule has 182 valence electrons. The Labute approximate surface area is 212 Å². The molecule has 1 aromatic heterocycles. The fraction of sp³-hybridized carbons (Fsp3) is 0.250. The van der Waals surface area contributed by atoms with Crippen LogP contribution >= 0.6 is 23.2 Å². The van der Waals surface area contributed by atoms with Crippen molar-refractivity contribution in [3.05, 3.63) is 81.1 Å². The number of nitrogens with zero attached hydrogens (tertiary/aromatic N) is 3. The summed E-state index contributed by atoms with van der Waals surface area (Å²) in [4.78, 5) is 39.5. The molecule has 0 spiro atoms. The van der Waals surface area contributed by atoms with Crippen LogP contribution in [0, 0.1) is 6.92 Å². The third kappa shape index (κ3) is 5.58. The number of halogens is 2. The Morgan fingerprint density at radius 2 is 1.94 bits per heavy atom. The van der Waals surface area contributed by atoms with E-state index in [1.165, 1.54) is 4.90 Å². The molecule has 9 nitrogen and oxygen atoms in total. The molecule has 1 fully saturated rings. The van der Waals surface area contributed by atoms with E-state index in [9.17, 15) is 14.4 Å². The van der Waals surface area contributed by atoms with Gasteiger partial charge in [-0.15, -0.1) is 0 Å². The van der Waals surface area contributed by atoms with E-state index in [0.29, 0.717) is 29.4 Å². The van der Waals surface area contributed by atoms with Gasteiger partial charge in [-0.1, -0.05) is 35.3 Å². The first-order chi connectivity index (χ1) is 16.7. The normalized spacial score (nSPS) is 13.9. The molecule has 3 N–H and O–H groups in total. The van der Waals surface area contributed by atoms with Crippen LogP contribution < -0.4 is 20.9 Å². The summed E-state index contributed by atoms with van der Waals surface area (Å²) in [6.45, 7) is 2.95. The number of aryl methyl sites for hydroxylation is 2. The van der Waals surface area contributed by atoms with Crippen LogP contribution in [0.1, 0.15) is 38.1 Å². The zero-order valence-corrected chi connectivity index (χ0v) is 20.7. The average molecular weight is 515 g/mol. The van der Waals surface area contributed by atoms with Crippen LogP contribution in [0.4, 0.5) is 10.5 Å². The standard InChI is InChI=1S/C24H24Cl2N6O3/c1-14-10-20(30-31(14)2)23(34)29-21(15-4-3-5-16(25)11-15)13-28-22(33)18-12-17(6-7-19(18)26)32-9-8-27-24(32)35/h3-7,10-12,21H,8-9,13H2,1-2H3,(H,27,35)(H,28,33)(H,29,34). The second kappa shape index (κ2) is 10.4. The second-order valence-corrected chi connectivity index (χ2v) is 8.98. The van der Waals surface area contributed by atoms with Gasteiger partial charge in [0.25, 0.3) is 11.8 Å². The van der Waals surface area contributed by atoms with Gasteiger partial charge in [0, 0.05) is 43.1 Å². The van der Waals surface area contributed by atoms with Gasteiger partial charge in [-0.25, -0.2) is 4.79 Å². The summed E-state index contributed by atoms with van der Waals surface area (Å²) in [6.07, 6.45) is 0. The molecule has 0 bridgehead atoms. The van der Waals surface area contributed by atoms with E-state index in [2.05, 4.69) is 21.0 Å². The fourth-order valence-corrected chi connectivity index (χ4v) is 4.14. The molecular formula is C24H24Cl2N6O3. The van der Waals surface area contributed by atoms with Crippen molar-refractivity contribution in [3.8, 4) is 0 Å². The number of rotatable bonds is 7. The Hall–Kier alpha value is -3.56. The molecule has 4 amide bonds. The monoisotopic (exact) mass is 514 g/mol. The molecule has 0 radical (unpaired) electrons. The number of hydrogen-bond donors (Lipinski definition) is 3. The third-order valence-corrected chi connectivity index (χ3v) is 6.30. The van der Waals surface area contributed by atoms with Gasteiger partial charge in [0.05, 0.1) is 16.6 Å². The van der Waals surface area contributed by atoms with Crippen LogP contribution in [0.15, 0.2) is 48.5 Å². The van der Waals surface area contributed by atoms with E-state index in [0.717, 1.165) is 5.69 Å². The Morgan fingerprint density at radius 1 is 1.14 bits per heavy atom. The number of anilines is 1. The summed E-state index contributed by atoms with van der Waals surface area (Å²) in [5.74, 6) is -0.820. The molecule has 1 atom stereocenters. The van der Waals surface area contributed by atoms with Gasteiger partial charge in [0.2, 0.25) is 0 Å². The number of carbonyl (C=O) groups excluding carboxylic acids is 3. The summed E-state index contributed by atoms with van der Waals surface area (Å²) < 4.78 is 1.61. The van der Waals surface area contributed by atoms with Crippen molar-refractivity contribution in [1.29, 1.82) is 0 Å². The predicted octanol–water partition coefficient (Wildman–Crippen LogP) is 3.47. The molecule has 3 aromatic rings. The van der Waals surface area contributed by atoms with E-state index in [1.54, 1.807) is 54.2 Å². The smallest absolute Gasteiger partial charge is 0.321 e. The topological polar surface area (TPSA) is 108 Å². The predicted molar refractivity (Wildman–Crippen MR) is 134 cm³/mol. The second-order valence-electron chi connectivity index (χ2n) is 8.13. The Kier molecular flexibility index (Phi) is 7.28. The Morgan fingerprint density at radius 3 is 2.60 bits per heavy atom. The van der Waals surface area contributed by atoms with Crippen molar-refractivity contribution in [3.63, 3.8) is 0 Å². The maximum Gasteiger partial charge on any atom is 0.321 e. The first-order valence-electron chi connectivity index (χ1n) is 10.9. The summed E-state index contributed by atoms with van der Waals surface area (Å²) in [7, 11) is 1.75. The number of carbonyl (C=O) groups is 3. The highest BCUT2D eigenvalue weighted by atomic mass is 35.5. The summed E-state index contributed by atoms with van der Waals surface area (Å²) in [5.41, 5.74) is 2.61. The SMILES string of the molecule is Cc1cc(C(=O)NC(CNC(=O)c2cc(N3CCNC3=O)ccc2Cl)c2cccc(Cl)c2)nn1C. The minimum Gasteiger partial charge on any atom is -0.350 e. The number of urea groups is 1. The zero-order valence-electron chi connectivity index (χ0n) is 19.1. The van der Waals surface area contributed by atoms with E-state index in [1.807, 2.05) is 13.0 Å². The summed E-state index contributed by atoms with van der Waals surface area (Å²) >= 11 is 12.5. The van der Waals surface area contributed by atoms with Crippen LogP contribution in [-0.2, 0) is 7.05 Å². The van der Waals surface area contributed by atoms with Gasteiger partial charge >= 0.3 is 6.03 Å². The van der Waals surface area contributed by atoms with Crippen molar-refractivity contribution in [2.24, 2.45) is 7.05 Å². The number of hydrogen-bond acceptors (Lipinski definition) is 4. The number of benzene rings is 2. The minimum absolute atomic E-state index is 0.0709. The van der Waals surface area contributed by atoms with Crippen molar-refractivity contribution < 1.29 is 14.4 Å². The van der Waals surface area contributed by atoms with E-state index in [4.69, 9.17) is 23.2 Å². The molecule has 1 aliphatic rings. The van der Waals surface area contributed by atoms with Crippen molar-refractivity contribution in [1.82, 2.24) is 25.7 Å². The average Bonchev–Trinajstić information content (AvgIpc) is 3.41. The van der Waals surface area contributed by atoms with Gasteiger partial charge < -0.3 is 16.0 Å². The third-order valence-electron chi connectivity index (χ3n) is 5.73. The Balaban J connectivity index is 1.53. The van der Waals surface area contributed by atoms with Crippen molar-refractivity contribution in [2.45, 2.75) is 13.0 Å². The van der Waals surface area contributed by atoms with E-state index < -0.39 is 11.9 Å². The number of nitrogens with one attached hydrogen (secondary N) is 3. The molecule has 2 heterocycles. The molecule has 0 aliphatic carbocycles. The molecular weight excluding hydrogens is 491 g/mol. The van der Waals surface area contributed by atoms with Crippen LogP contribution in [0.5, 0.6) is 0 Å². The van der Waals surface area contributed by atoms with Crippen LogP contribution in [0.2, 0.25) is 10.0 Å². The van der Waals surface area contributed by atoms with Crippen molar-refractivity contribution in [2.75, 3.05) is 24.5 Å². The molecule has 1 saturated heterocycles. The van der Waals surface area contributed by atoms with Crippen LogP contribution in [0.3, 0.4) is 0 Å². The molecule has 1 unspecified atom stereocenters. The van der Waals surface area contributed by atoms with Crippen molar-refractivity contribution >= 4 is 46.7 Å². The Bertz CT molecular complexity index is 1270. The summed E-state index contributed by atoms with van der Waals surface area (Å²) in [5, 5.41) is 13.4. The first-order valence-corrected chi connectivity index (χ1v) is 11.7. The highest BCUT2D eigenvalue weighted by Gasteiger charge is 2.24. The minimum atomic E-state index is -0.584. The fourth-order valence-electron chi connectivity index (χ4n) is 3.74. The number of amides is 4. The molecule has 1 aliphatic heterocycles. The lowest BCUT2D eigenvalue weighted by molar-refractivity contribution is 0.0905. The van der Waals surface area contributed by atoms with Gasteiger partial charge in [-0.05, 0) is 48.9 Å². The first kappa shape index (κ1) is 24.6. The lowest BCUT2D eigenvalue weighted by Crippen LogP contribution is -2.38. The van der Waals surface area contributed by atoms with Gasteiger partial charge in [0.15, 0.2) is 0 Å². The lowest BCUT2D eigenvalue weighted by Gasteiger charge is -2.20. The highest BCUT2D eigenvalue weighted by molar-refractivity contribution is 6.34. The van der Waals surface area contributed by atoms with Gasteiger partial charge in [0.1, 0.15) is 5.69 Å². The molecule has 35 heavy (non-hydrogen) atoms. The van der Waals surface area contributed by atoms with E-state index in [-0.39, 0.29) is 34.8 Å². The molecule has 4 rings (SSSR count).